The smallest absolute Gasteiger partial charge is 0.257 e. The highest BCUT2D eigenvalue weighted by atomic mass is 16.5. The Morgan fingerprint density at radius 2 is 1.95 bits per heavy atom. The van der Waals surface area contributed by atoms with Gasteiger partial charge in [0.1, 0.15) is 11.3 Å². The van der Waals surface area contributed by atoms with Crippen molar-refractivity contribution in [3.05, 3.63) is 23.8 Å². The molecule has 19 heavy (non-hydrogen) atoms. The quantitative estimate of drug-likeness (QED) is 0.517. The van der Waals surface area contributed by atoms with Crippen LogP contribution in [0.1, 0.15) is 24.2 Å². The molecule has 1 rings (SSSR count). The van der Waals surface area contributed by atoms with Gasteiger partial charge in [0.2, 0.25) is 5.91 Å². The number of nitrogens with two attached hydrogens (primary N) is 1. The molecule has 0 unspecified atom stereocenters. The molecule has 6 heteroatoms. The van der Waals surface area contributed by atoms with E-state index in [0.717, 1.165) is 0 Å². The molecule has 0 aliphatic heterocycles. The van der Waals surface area contributed by atoms with Crippen LogP contribution in [-0.4, -0.2) is 31.5 Å². The first-order chi connectivity index (χ1) is 9.06. The average molecular weight is 265 g/mol. The number of hydrogen-bond donors (Lipinski definition) is 3. The van der Waals surface area contributed by atoms with E-state index in [1.165, 1.54) is 6.92 Å². The van der Waals surface area contributed by atoms with E-state index in [1.807, 2.05) is 6.92 Å². The number of benzene rings is 1. The second-order valence-electron chi connectivity index (χ2n) is 3.89. The predicted molar refractivity (Wildman–Crippen MR) is 73.0 cm³/mol. The van der Waals surface area contributed by atoms with E-state index in [0.29, 0.717) is 36.7 Å². The standard InChI is InChI=1S/C13H19N3O3/c1-3-19-11-6-4-5-10(14)12(11)13(18)16-8-7-15-9(2)17/h4-6H,3,7-8,14H2,1-2H3,(H,15,17)(H,16,18). The molecule has 0 spiro atoms. The molecule has 1 aromatic carbocycles. The summed E-state index contributed by atoms with van der Waals surface area (Å²) in [7, 11) is 0. The minimum absolute atomic E-state index is 0.136. The largest absolute Gasteiger partial charge is 0.493 e. The molecule has 0 aliphatic carbocycles. The summed E-state index contributed by atoms with van der Waals surface area (Å²) in [6.45, 7) is 4.41. The van der Waals surface area contributed by atoms with Crippen LogP contribution in [-0.2, 0) is 4.79 Å². The Morgan fingerprint density at radius 3 is 2.58 bits per heavy atom. The van der Waals surface area contributed by atoms with Crippen molar-refractivity contribution in [2.75, 3.05) is 25.4 Å². The van der Waals surface area contributed by atoms with Gasteiger partial charge in [-0.25, -0.2) is 0 Å². The molecule has 4 N–H and O–H groups in total. The van der Waals surface area contributed by atoms with Crippen LogP contribution in [0.2, 0.25) is 0 Å². The summed E-state index contributed by atoms with van der Waals surface area (Å²) in [5, 5.41) is 5.27. The molecule has 2 amide bonds. The van der Waals surface area contributed by atoms with Gasteiger partial charge >= 0.3 is 0 Å². The lowest BCUT2D eigenvalue weighted by Crippen LogP contribution is -2.34. The summed E-state index contributed by atoms with van der Waals surface area (Å²) < 4.78 is 5.37. The van der Waals surface area contributed by atoms with E-state index >= 15 is 0 Å². The van der Waals surface area contributed by atoms with E-state index in [1.54, 1.807) is 18.2 Å². The van der Waals surface area contributed by atoms with Gasteiger partial charge in [-0.3, -0.25) is 9.59 Å². The van der Waals surface area contributed by atoms with Crippen LogP contribution in [0.5, 0.6) is 5.75 Å². The molecular weight excluding hydrogens is 246 g/mol. The lowest BCUT2D eigenvalue weighted by Gasteiger charge is -2.12. The third kappa shape index (κ3) is 4.50. The number of ether oxygens (including phenoxy) is 1. The van der Waals surface area contributed by atoms with E-state index < -0.39 is 0 Å². The number of nitrogen functional groups attached to an aromatic ring is 1. The predicted octanol–water partition coefficient (Wildman–Crippen LogP) is 0.533. The first kappa shape index (κ1) is 14.8. The minimum atomic E-state index is -0.313. The first-order valence-corrected chi connectivity index (χ1v) is 6.10. The van der Waals surface area contributed by atoms with Gasteiger partial charge in [-0.1, -0.05) is 6.07 Å². The van der Waals surface area contributed by atoms with Gasteiger partial charge in [-0.05, 0) is 19.1 Å². The zero-order valence-corrected chi connectivity index (χ0v) is 11.2. The number of amides is 2. The normalized spacial score (nSPS) is 9.79. The fourth-order valence-electron chi connectivity index (χ4n) is 1.57. The summed E-state index contributed by atoms with van der Waals surface area (Å²) in [5.74, 6) is 0.00917. The number of nitrogens with one attached hydrogen (secondary N) is 2. The van der Waals surface area contributed by atoms with Crippen molar-refractivity contribution in [2.24, 2.45) is 0 Å². The van der Waals surface area contributed by atoms with Gasteiger partial charge < -0.3 is 21.1 Å². The molecule has 0 atom stereocenters. The van der Waals surface area contributed by atoms with Gasteiger partial charge in [0.15, 0.2) is 0 Å². The third-order valence-electron chi connectivity index (χ3n) is 2.37. The fourth-order valence-corrected chi connectivity index (χ4v) is 1.57. The second kappa shape index (κ2) is 7.25. The number of anilines is 1. The summed E-state index contributed by atoms with van der Waals surface area (Å²) in [4.78, 5) is 22.7. The maximum absolute atomic E-state index is 12.0. The summed E-state index contributed by atoms with van der Waals surface area (Å²) in [5.41, 5.74) is 6.48. The average Bonchev–Trinajstić information content (AvgIpc) is 2.35. The van der Waals surface area contributed by atoms with E-state index in [2.05, 4.69) is 10.6 Å². The van der Waals surface area contributed by atoms with E-state index in [4.69, 9.17) is 10.5 Å². The lowest BCUT2D eigenvalue weighted by molar-refractivity contribution is -0.118. The van der Waals surface area contributed by atoms with Crippen LogP contribution in [0.4, 0.5) is 5.69 Å². The minimum Gasteiger partial charge on any atom is -0.493 e. The number of carbonyl (C=O) groups excluding carboxylic acids is 2. The number of hydrogen-bond acceptors (Lipinski definition) is 4. The van der Waals surface area contributed by atoms with Crippen molar-refractivity contribution in [3.63, 3.8) is 0 Å². The van der Waals surface area contributed by atoms with Crippen molar-refractivity contribution >= 4 is 17.5 Å². The molecule has 0 saturated heterocycles. The van der Waals surface area contributed by atoms with Gasteiger partial charge in [0.05, 0.1) is 6.61 Å². The Hall–Kier alpha value is -2.24. The Labute approximate surface area is 112 Å². The van der Waals surface area contributed by atoms with Gasteiger partial charge in [0, 0.05) is 25.7 Å². The van der Waals surface area contributed by atoms with E-state index in [-0.39, 0.29) is 11.8 Å². The van der Waals surface area contributed by atoms with Crippen molar-refractivity contribution in [1.82, 2.24) is 10.6 Å². The second-order valence-corrected chi connectivity index (χ2v) is 3.89. The van der Waals surface area contributed by atoms with Crippen LogP contribution in [0.25, 0.3) is 0 Å². The van der Waals surface area contributed by atoms with Crippen LogP contribution in [0.15, 0.2) is 18.2 Å². The topological polar surface area (TPSA) is 93.4 Å². The Morgan fingerprint density at radius 1 is 1.26 bits per heavy atom. The number of carbonyl (C=O) groups is 2. The molecule has 1 aromatic rings. The van der Waals surface area contributed by atoms with Crippen molar-refractivity contribution in [2.45, 2.75) is 13.8 Å². The first-order valence-electron chi connectivity index (χ1n) is 6.10. The molecule has 6 nitrogen and oxygen atoms in total. The lowest BCUT2D eigenvalue weighted by atomic mass is 10.1. The number of rotatable bonds is 6. The maximum Gasteiger partial charge on any atom is 0.257 e. The Kier molecular flexibility index (Phi) is 5.66. The zero-order valence-electron chi connectivity index (χ0n) is 11.2. The molecule has 0 aromatic heterocycles. The maximum atomic E-state index is 12.0. The highest BCUT2D eigenvalue weighted by Gasteiger charge is 2.15. The highest BCUT2D eigenvalue weighted by Crippen LogP contribution is 2.24. The molecule has 0 heterocycles. The fraction of sp³-hybridized carbons (Fsp3) is 0.385. The molecule has 0 aliphatic rings. The van der Waals surface area contributed by atoms with Crippen LogP contribution in [0.3, 0.4) is 0 Å². The van der Waals surface area contributed by atoms with Crippen molar-refractivity contribution in [1.29, 1.82) is 0 Å². The van der Waals surface area contributed by atoms with Crippen LogP contribution in [0, 0.1) is 0 Å². The van der Waals surface area contributed by atoms with Crippen LogP contribution < -0.4 is 21.1 Å². The van der Waals surface area contributed by atoms with Crippen LogP contribution >= 0.6 is 0 Å². The third-order valence-corrected chi connectivity index (χ3v) is 2.37. The summed E-state index contributed by atoms with van der Waals surface area (Å²) in [6, 6.07) is 5.07. The Bertz CT molecular complexity index is 460. The highest BCUT2D eigenvalue weighted by molar-refractivity contribution is 6.01. The van der Waals surface area contributed by atoms with Crippen molar-refractivity contribution in [3.8, 4) is 5.75 Å². The monoisotopic (exact) mass is 265 g/mol. The SMILES string of the molecule is CCOc1cccc(N)c1C(=O)NCCNC(C)=O. The van der Waals surface area contributed by atoms with Gasteiger partial charge in [-0.15, -0.1) is 0 Å². The zero-order chi connectivity index (χ0) is 14.3. The van der Waals surface area contributed by atoms with Gasteiger partial charge in [-0.2, -0.15) is 0 Å². The molecule has 0 saturated carbocycles. The molecular formula is C13H19N3O3. The Balaban J connectivity index is 2.67. The van der Waals surface area contributed by atoms with E-state index in [9.17, 15) is 9.59 Å². The summed E-state index contributed by atoms with van der Waals surface area (Å²) >= 11 is 0. The molecule has 104 valence electrons. The molecule has 0 fully saturated rings. The molecule has 0 radical (unpaired) electrons. The van der Waals surface area contributed by atoms with Crippen molar-refractivity contribution < 1.29 is 14.3 Å². The van der Waals surface area contributed by atoms with Gasteiger partial charge in [0.25, 0.3) is 5.91 Å². The molecule has 0 bridgehead atoms. The summed E-state index contributed by atoms with van der Waals surface area (Å²) in [6.07, 6.45) is 0.